The Kier molecular flexibility index (Phi) is 4.46. The lowest BCUT2D eigenvalue weighted by Crippen LogP contribution is -2.19. The number of hydrogen-bond acceptors (Lipinski definition) is 4. The van der Waals surface area contributed by atoms with E-state index in [-0.39, 0.29) is 18.1 Å². The zero-order valence-electron chi connectivity index (χ0n) is 13.0. The van der Waals surface area contributed by atoms with Crippen molar-refractivity contribution in [2.75, 3.05) is 12.4 Å². The third-order valence-electron chi connectivity index (χ3n) is 3.82. The number of fused-ring (bicyclic) bond motifs is 1. The standard InChI is InChI=1S/C18H16FNO4/c1-23-13-7-8-14-15(10-13)20-18(22)17(14)24-16(21)9-4-11-2-5-12(19)6-3-11/h2-3,5-8,10,17H,4,9H2,1H3,(H,20,22)/t17-/m1/s1. The van der Waals surface area contributed by atoms with Crippen molar-refractivity contribution >= 4 is 17.6 Å². The Balaban J connectivity index is 1.62. The van der Waals surface area contributed by atoms with Gasteiger partial charge in [0.05, 0.1) is 12.8 Å². The van der Waals surface area contributed by atoms with Crippen LogP contribution in [0.2, 0.25) is 0 Å². The minimum Gasteiger partial charge on any atom is -0.497 e. The first-order chi connectivity index (χ1) is 11.6. The van der Waals surface area contributed by atoms with Gasteiger partial charge in [-0.2, -0.15) is 0 Å². The molecular formula is C18H16FNO4. The molecule has 5 nitrogen and oxygen atoms in total. The molecule has 2 aromatic carbocycles. The summed E-state index contributed by atoms with van der Waals surface area (Å²) in [6.45, 7) is 0. The van der Waals surface area contributed by atoms with E-state index in [1.54, 1.807) is 30.3 Å². The molecule has 0 radical (unpaired) electrons. The van der Waals surface area contributed by atoms with Crippen LogP contribution in [0.5, 0.6) is 5.75 Å². The van der Waals surface area contributed by atoms with Gasteiger partial charge in [0, 0.05) is 18.1 Å². The summed E-state index contributed by atoms with van der Waals surface area (Å²) in [5.74, 6) is -0.579. The normalized spacial score (nSPS) is 15.6. The summed E-state index contributed by atoms with van der Waals surface area (Å²) >= 11 is 0. The van der Waals surface area contributed by atoms with Crippen LogP contribution in [0.1, 0.15) is 23.7 Å². The van der Waals surface area contributed by atoms with Crippen LogP contribution >= 0.6 is 0 Å². The molecule has 124 valence electrons. The number of esters is 1. The molecule has 0 saturated carbocycles. The first-order valence-corrected chi connectivity index (χ1v) is 7.49. The maximum Gasteiger partial charge on any atom is 0.307 e. The molecule has 0 bridgehead atoms. The molecule has 0 fully saturated rings. The molecule has 0 aliphatic carbocycles. The second-order valence-electron chi connectivity index (χ2n) is 5.44. The Morgan fingerprint density at radius 3 is 2.67 bits per heavy atom. The predicted molar refractivity (Wildman–Crippen MR) is 85.2 cm³/mol. The van der Waals surface area contributed by atoms with Crippen LogP contribution in [-0.4, -0.2) is 19.0 Å². The maximum atomic E-state index is 12.8. The number of nitrogens with one attached hydrogen (secondary N) is 1. The van der Waals surface area contributed by atoms with Gasteiger partial charge < -0.3 is 14.8 Å². The zero-order valence-corrected chi connectivity index (χ0v) is 13.0. The molecule has 1 atom stereocenters. The average molecular weight is 329 g/mol. The summed E-state index contributed by atoms with van der Waals surface area (Å²) in [6, 6.07) is 11.0. The van der Waals surface area contributed by atoms with Gasteiger partial charge in [-0.3, -0.25) is 9.59 Å². The van der Waals surface area contributed by atoms with E-state index >= 15 is 0 Å². The van der Waals surface area contributed by atoms with E-state index in [1.165, 1.54) is 19.2 Å². The van der Waals surface area contributed by atoms with Gasteiger partial charge in [-0.1, -0.05) is 12.1 Å². The first-order valence-electron chi connectivity index (χ1n) is 7.49. The van der Waals surface area contributed by atoms with Crippen molar-refractivity contribution < 1.29 is 23.5 Å². The highest BCUT2D eigenvalue weighted by Gasteiger charge is 2.33. The molecule has 2 aromatic rings. The minimum atomic E-state index is -0.952. The number of halogens is 1. The highest BCUT2D eigenvalue weighted by Crippen LogP contribution is 2.36. The van der Waals surface area contributed by atoms with E-state index in [4.69, 9.17) is 9.47 Å². The van der Waals surface area contributed by atoms with E-state index in [1.807, 2.05) is 0 Å². The summed E-state index contributed by atoms with van der Waals surface area (Å²) in [6.07, 6.45) is -0.421. The Labute approximate surface area is 138 Å². The van der Waals surface area contributed by atoms with Gasteiger partial charge in [0.15, 0.2) is 0 Å². The second kappa shape index (κ2) is 6.70. The highest BCUT2D eigenvalue weighted by atomic mass is 19.1. The van der Waals surface area contributed by atoms with Crippen molar-refractivity contribution in [2.24, 2.45) is 0 Å². The van der Waals surface area contributed by atoms with Gasteiger partial charge >= 0.3 is 5.97 Å². The van der Waals surface area contributed by atoms with Crippen LogP contribution in [-0.2, 0) is 20.7 Å². The molecule has 6 heteroatoms. The molecule has 0 unspecified atom stereocenters. The monoisotopic (exact) mass is 329 g/mol. The summed E-state index contributed by atoms with van der Waals surface area (Å²) < 4.78 is 23.3. The first kappa shape index (κ1) is 16.0. The largest absolute Gasteiger partial charge is 0.497 e. The van der Waals surface area contributed by atoms with Gasteiger partial charge in [-0.05, 0) is 36.2 Å². The van der Waals surface area contributed by atoms with Gasteiger partial charge in [0.25, 0.3) is 5.91 Å². The van der Waals surface area contributed by atoms with E-state index in [2.05, 4.69) is 5.32 Å². The smallest absolute Gasteiger partial charge is 0.307 e. The number of rotatable bonds is 5. The lowest BCUT2D eigenvalue weighted by atomic mass is 10.1. The highest BCUT2D eigenvalue weighted by molar-refractivity contribution is 6.03. The molecule has 1 aliphatic heterocycles. The van der Waals surface area contributed by atoms with Gasteiger partial charge in [-0.25, -0.2) is 4.39 Å². The van der Waals surface area contributed by atoms with Crippen LogP contribution in [0.15, 0.2) is 42.5 Å². The molecule has 0 spiro atoms. The number of benzene rings is 2. The number of ether oxygens (including phenoxy) is 2. The summed E-state index contributed by atoms with van der Waals surface area (Å²) in [4.78, 5) is 24.0. The molecule has 3 rings (SSSR count). The fraction of sp³-hybridized carbons (Fsp3) is 0.222. The topological polar surface area (TPSA) is 64.6 Å². The number of anilines is 1. The molecule has 1 amide bonds. The quantitative estimate of drug-likeness (QED) is 0.857. The zero-order chi connectivity index (χ0) is 17.1. The second-order valence-corrected chi connectivity index (χ2v) is 5.44. The van der Waals surface area contributed by atoms with Crippen molar-refractivity contribution in [1.82, 2.24) is 0 Å². The van der Waals surface area contributed by atoms with Crippen LogP contribution in [0.3, 0.4) is 0 Å². The van der Waals surface area contributed by atoms with Gasteiger partial charge in [-0.15, -0.1) is 0 Å². The van der Waals surface area contributed by atoms with Crippen molar-refractivity contribution in [3.8, 4) is 5.75 Å². The predicted octanol–water partition coefficient (Wildman–Crippen LogP) is 3.00. The molecular weight excluding hydrogens is 313 g/mol. The fourth-order valence-electron chi connectivity index (χ4n) is 2.54. The van der Waals surface area contributed by atoms with Crippen molar-refractivity contribution in [3.63, 3.8) is 0 Å². The number of carbonyl (C=O) groups excluding carboxylic acids is 2. The molecule has 1 aliphatic rings. The van der Waals surface area contributed by atoms with Crippen LogP contribution in [0, 0.1) is 5.82 Å². The lowest BCUT2D eigenvalue weighted by molar-refractivity contribution is -0.154. The Morgan fingerprint density at radius 2 is 1.96 bits per heavy atom. The maximum absolute atomic E-state index is 12.8. The van der Waals surface area contributed by atoms with E-state index < -0.39 is 12.1 Å². The van der Waals surface area contributed by atoms with E-state index in [9.17, 15) is 14.0 Å². The lowest BCUT2D eigenvalue weighted by Gasteiger charge is -2.11. The number of methoxy groups -OCH3 is 1. The molecule has 1 heterocycles. The molecule has 1 N–H and O–H groups in total. The molecule has 0 saturated heterocycles. The van der Waals surface area contributed by atoms with Crippen LogP contribution in [0.4, 0.5) is 10.1 Å². The van der Waals surface area contributed by atoms with Crippen molar-refractivity contribution in [2.45, 2.75) is 18.9 Å². The third-order valence-corrected chi connectivity index (χ3v) is 3.82. The Hall–Kier alpha value is -2.89. The summed E-state index contributed by atoms with van der Waals surface area (Å²) in [5, 5.41) is 2.67. The van der Waals surface area contributed by atoms with Crippen LogP contribution in [0.25, 0.3) is 0 Å². The SMILES string of the molecule is COc1ccc2c(c1)NC(=O)[C@@H]2OC(=O)CCc1ccc(F)cc1. The van der Waals surface area contributed by atoms with E-state index in [0.717, 1.165) is 5.56 Å². The van der Waals surface area contributed by atoms with Crippen molar-refractivity contribution in [1.29, 1.82) is 0 Å². The van der Waals surface area contributed by atoms with Crippen LogP contribution < -0.4 is 10.1 Å². The number of aryl methyl sites for hydroxylation is 1. The minimum absolute atomic E-state index is 0.112. The fourth-order valence-corrected chi connectivity index (χ4v) is 2.54. The van der Waals surface area contributed by atoms with Gasteiger partial charge in [0.1, 0.15) is 11.6 Å². The third kappa shape index (κ3) is 3.37. The Bertz CT molecular complexity index is 773. The summed E-state index contributed by atoms with van der Waals surface area (Å²) in [5.41, 5.74) is 2.01. The average Bonchev–Trinajstić information content (AvgIpc) is 2.89. The number of carbonyl (C=O) groups is 2. The Morgan fingerprint density at radius 1 is 1.21 bits per heavy atom. The molecule has 24 heavy (non-hydrogen) atoms. The van der Waals surface area contributed by atoms with Crippen molar-refractivity contribution in [3.05, 3.63) is 59.4 Å². The number of amides is 1. The number of hydrogen-bond donors (Lipinski definition) is 1. The van der Waals surface area contributed by atoms with Gasteiger partial charge in [0.2, 0.25) is 6.10 Å². The van der Waals surface area contributed by atoms with E-state index in [0.29, 0.717) is 23.4 Å². The molecule has 0 aromatic heterocycles. The summed E-state index contributed by atoms with van der Waals surface area (Å²) in [7, 11) is 1.53.